The predicted molar refractivity (Wildman–Crippen MR) is 357 cm³/mol. The van der Waals surface area contributed by atoms with Gasteiger partial charge < -0.3 is 35.5 Å². The molecule has 8 rings (SSSR count). The van der Waals surface area contributed by atoms with Gasteiger partial charge in [0.1, 0.15) is 38.9 Å². The van der Waals surface area contributed by atoms with E-state index < -0.39 is 74.6 Å². The smallest absolute Gasteiger partial charge is 0.408 e. The van der Waals surface area contributed by atoms with Crippen LogP contribution in [0, 0.1) is 10.1 Å². The van der Waals surface area contributed by atoms with E-state index in [0.717, 1.165) is 43.4 Å². The number of nitrogens with zero attached hydrogens (tertiary/aromatic N) is 3. The molecule has 0 aliphatic heterocycles. The third-order valence-electron chi connectivity index (χ3n) is 12.7. The van der Waals surface area contributed by atoms with Gasteiger partial charge in [-0.15, -0.1) is 22.7 Å². The minimum absolute atomic E-state index is 0.0150. The Morgan fingerprint density at radius 3 is 1.15 bits per heavy atom. The van der Waals surface area contributed by atoms with Crippen LogP contribution in [-0.2, 0) is 64.6 Å². The van der Waals surface area contributed by atoms with Gasteiger partial charge in [-0.25, -0.2) is 19.6 Å². The number of anilines is 1. The van der Waals surface area contributed by atoms with Crippen molar-refractivity contribution in [1.29, 1.82) is 0 Å². The Balaban J connectivity index is 0.000000261. The standard InChI is InChI=1S/C31H34N4O6S2.C31H32N4O5S.C6H12O2/c1-31(2,3)41-30(37)34-26(19-21-10-6-4-7-11-21)28(36)32-25(18-22-14-16-24(17-15-22)35-43(38,39)40)27-20-42-29(33-27)23-12-8-5-9-13-23;1-31(2,3)40-30(37)34-26(19-21-10-6-4-7-11-21)28(36)32-25(18-22-14-16-24(17-15-22)35(38)39)27-20-41-29(33-27)23-12-8-5-9-13-23;1-5(7)8-6(2,3)4/h4-17,20,25-26,35H,18-19H2,1-3H3,(H,32,36)(H,34,37)(H,38,39,40);4-17,20,25-26H,18-19H2,1-3H3,(H,32,36)(H,34,37);1-4H3/t2*25-,26-;/m00./s1. The van der Waals surface area contributed by atoms with E-state index in [4.69, 9.17) is 28.7 Å². The first-order chi connectivity index (χ1) is 43.3. The lowest BCUT2D eigenvalue weighted by Crippen LogP contribution is -2.50. The van der Waals surface area contributed by atoms with Crippen molar-refractivity contribution in [1.82, 2.24) is 31.2 Å². The number of benzene rings is 6. The van der Waals surface area contributed by atoms with Crippen LogP contribution in [0.15, 0.2) is 181 Å². The second kappa shape index (κ2) is 33.1. The number of rotatable bonds is 21. The number of carbonyl (C=O) groups is 5. The summed E-state index contributed by atoms with van der Waals surface area (Å²) in [4.78, 5) is 83.5. The molecule has 0 bridgehead atoms. The average molecular weight is 1310 g/mol. The third kappa shape index (κ3) is 25.9. The van der Waals surface area contributed by atoms with Crippen molar-refractivity contribution in [3.8, 4) is 21.1 Å². The molecule has 0 saturated heterocycles. The van der Waals surface area contributed by atoms with Gasteiger partial charge in [0.25, 0.3) is 5.69 Å². The van der Waals surface area contributed by atoms with Gasteiger partial charge in [-0.3, -0.25) is 33.8 Å². The maximum Gasteiger partial charge on any atom is 0.408 e. The van der Waals surface area contributed by atoms with E-state index in [1.807, 2.05) is 158 Å². The zero-order chi connectivity index (χ0) is 67.2. The Kier molecular flexibility index (Phi) is 25.8. The molecule has 0 fully saturated rings. The van der Waals surface area contributed by atoms with Crippen molar-refractivity contribution in [2.45, 2.75) is 136 Å². The van der Waals surface area contributed by atoms with E-state index in [-0.39, 0.29) is 35.8 Å². The summed E-state index contributed by atoms with van der Waals surface area (Å²) in [5.74, 6) is -1.04. The maximum absolute atomic E-state index is 13.8. The Hall–Kier alpha value is -9.36. The van der Waals surface area contributed by atoms with E-state index in [2.05, 4.69) is 21.3 Å². The number of nitro groups is 1. The monoisotopic (exact) mass is 1310 g/mol. The van der Waals surface area contributed by atoms with Crippen LogP contribution in [0.5, 0.6) is 0 Å². The fraction of sp³-hybridized carbons (Fsp3) is 0.309. The number of non-ortho nitro benzene ring substituents is 1. The lowest BCUT2D eigenvalue weighted by molar-refractivity contribution is -0.384. The molecule has 486 valence electrons. The number of amides is 4. The summed E-state index contributed by atoms with van der Waals surface area (Å²) in [6.45, 7) is 17.4. The molecule has 6 aromatic carbocycles. The minimum atomic E-state index is -4.41. The van der Waals surface area contributed by atoms with Crippen molar-refractivity contribution in [3.05, 3.63) is 224 Å². The molecular weight excluding hydrogens is 1230 g/mol. The molecule has 0 radical (unpaired) electrons. The summed E-state index contributed by atoms with van der Waals surface area (Å²) in [6, 6.07) is 47.8. The fourth-order valence-corrected chi connectivity index (χ4v) is 11.0. The van der Waals surface area contributed by atoms with Crippen molar-refractivity contribution >= 4 is 74.3 Å². The van der Waals surface area contributed by atoms with E-state index in [1.165, 1.54) is 53.9 Å². The summed E-state index contributed by atoms with van der Waals surface area (Å²) < 4.78 is 49.1. The number of carbonyl (C=O) groups excluding carboxylic acids is 5. The van der Waals surface area contributed by atoms with Crippen LogP contribution in [0.3, 0.4) is 0 Å². The highest BCUT2D eigenvalue weighted by Crippen LogP contribution is 2.31. The van der Waals surface area contributed by atoms with Gasteiger partial charge >= 0.3 is 28.5 Å². The maximum atomic E-state index is 13.8. The number of thiazole rings is 2. The third-order valence-corrected chi connectivity index (χ3v) is 15.0. The van der Waals surface area contributed by atoms with Crippen LogP contribution in [0.2, 0.25) is 0 Å². The second-order valence-electron chi connectivity index (χ2n) is 24.1. The van der Waals surface area contributed by atoms with Crippen molar-refractivity contribution in [3.63, 3.8) is 0 Å². The molecule has 8 aromatic rings. The zero-order valence-corrected chi connectivity index (χ0v) is 55.3. The van der Waals surface area contributed by atoms with Crippen LogP contribution in [-0.4, -0.2) is 86.7 Å². The SMILES string of the molecule is CC(=O)OC(C)(C)C.CC(C)(C)OC(=O)N[C@@H](Cc1ccccc1)C(=O)N[C@@H](Cc1ccc(NS(=O)(=O)O)cc1)c1csc(-c2ccccc2)n1.CC(C)(C)OC(=O)N[C@@H](Cc1ccccc1)C(=O)N[C@@H](Cc1ccc([N+](=O)[O-])cc1)c1csc(-c2ccccc2)n1. The van der Waals surface area contributed by atoms with Crippen molar-refractivity contribution in [2.24, 2.45) is 0 Å². The largest absolute Gasteiger partial charge is 0.460 e. The number of esters is 1. The Labute approximate surface area is 544 Å². The second-order valence-corrected chi connectivity index (χ2v) is 27.0. The highest BCUT2D eigenvalue weighted by Gasteiger charge is 2.31. The molecular formula is C68H78N8O13S3. The highest BCUT2D eigenvalue weighted by atomic mass is 32.2. The molecule has 2 heterocycles. The lowest BCUT2D eigenvalue weighted by atomic mass is 10.0. The first kappa shape index (κ1) is 71.7. The zero-order valence-electron chi connectivity index (χ0n) is 52.9. The number of hydrogen-bond acceptors (Lipinski definition) is 16. The van der Waals surface area contributed by atoms with Gasteiger partial charge in [-0.05, 0) is 110 Å². The van der Waals surface area contributed by atoms with Crippen LogP contribution in [0.25, 0.3) is 21.1 Å². The molecule has 0 unspecified atom stereocenters. The molecule has 4 amide bonds. The Bertz CT molecular complexity index is 3800. The molecule has 0 aliphatic rings. The Morgan fingerprint density at radius 1 is 0.500 bits per heavy atom. The van der Waals surface area contributed by atoms with E-state index >= 15 is 0 Å². The number of aromatic nitrogens is 2. The molecule has 24 heteroatoms. The lowest BCUT2D eigenvalue weighted by Gasteiger charge is -2.25. The molecule has 21 nitrogen and oxygen atoms in total. The molecule has 0 saturated carbocycles. The number of hydrogen-bond donors (Lipinski definition) is 6. The molecule has 6 N–H and O–H groups in total. The number of nitrogens with one attached hydrogen (secondary N) is 5. The topological polar surface area (TPSA) is 296 Å². The normalized spacial score (nSPS) is 12.7. The van der Waals surface area contributed by atoms with Gasteiger partial charge in [0.05, 0.1) is 34.1 Å². The van der Waals surface area contributed by atoms with Crippen molar-refractivity contribution in [2.75, 3.05) is 4.72 Å². The van der Waals surface area contributed by atoms with Crippen molar-refractivity contribution < 1.29 is 56.1 Å². The summed E-state index contributed by atoms with van der Waals surface area (Å²) >= 11 is 2.91. The van der Waals surface area contributed by atoms with Gasteiger partial charge in [0, 0.05) is 53.8 Å². The van der Waals surface area contributed by atoms with Gasteiger partial charge in [-0.2, -0.15) is 8.42 Å². The molecule has 0 spiro atoms. The van der Waals surface area contributed by atoms with Crippen LogP contribution in [0.1, 0.15) is 115 Å². The summed E-state index contributed by atoms with van der Waals surface area (Å²) in [7, 11) is -4.41. The summed E-state index contributed by atoms with van der Waals surface area (Å²) in [5.41, 5.74) is 4.85. The minimum Gasteiger partial charge on any atom is -0.460 e. The van der Waals surface area contributed by atoms with Gasteiger partial charge in [-0.1, -0.05) is 146 Å². The molecule has 0 aliphatic carbocycles. The molecule has 2 aromatic heterocycles. The quantitative estimate of drug-likeness (QED) is 0.0128. The highest BCUT2D eigenvalue weighted by molar-refractivity contribution is 7.87. The van der Waals surface area contributed by atoms with Gasteiger partial charge in [0.2, 0.25) is 11.8 Å². The van der Waals surface area contributed by atoms with E-state index in [9.17, 15) is 42.5 Å². The molecule has 92 heavy (non-hydrogen) atoms. The first-order valence-corrected chi connectivity index (χ1v) is 32.5. The number of alkyl carbamates (subject to hydrolysis) is 2. The Morgan fingerprint density at radius 2 is 0.837 bits per heavy atom. The molecule has 4 atom stereocenters. The van der Waals surface area contributed by atoms with E-state index in [1.54, 1.807) is 65.8 Å². The fourth-order valence-electron chi connectivity index (χ4n) is 8.85. The predicted octanol–water partition coefficient (Wildman–Crippen LogP) is 13.2. The van der Waals surface area contributed by atoms with Crippen LogP contribution < -0.4 is 26.0 Å². The summed E-state index contributed by atoms with van der Waals surface area (Å²) in [6.07, 6.45) is -0.252. The van der Waals surface area contributed by atoms with E-state index in [0.29, 0.717) is 24.2 Å². The van der Waals surface area contributed by atoms with Gasteiger partial charge in [0.15, 0.2) is 0 Å². The van der Waals surface area contributed by atoms with Crippen LogP contribution in [0.4, 0.5) is 21.0 Å². The summed E-state index contributed by atoms with van der Waals surface area (Å²) in [5, 5.41) is 28.1. The average Bonchev–Trinajstić information content (AvgIpc) is 1.67. The number of nitro benzene ring substituents is 1. The van der Waals surface area contributed by atoms with Crippen LogP contribution >= 0.6 is 22.7 Å². The first-order valence-electron chi connectivity index (χ1n) is 29.3. The number of ether oxygens (including phenoxy) is 3.